The first-order chi connectivity index (χ1) is 8.25. The molecule has 0 aliphatic carbocycles. The zero-order chi connectivity index (χ0) is 11.8. The van der Waals surface area contributed by atoms with E-state index in [-0.39, 0.29) is 11.9 Å². The lowest BCUT2D eigenvalue weighted by molar-refractivity contribution is 0.518. The van der Waals surface area contributed by atoms with Gasteiger partial charge in [0.15, 0.2) is 0 Å². The van der Waals surface area contributed by atoms with Gasteiger partial charge in [0.1, 0.15) is 5.82 Å². The van der Waals surface area contributed by atoms with Crippen LogP contribution in [0.2, 0.25) is 0 Å². The zero-order valence-corrected chi connectivity index (χ0v) is 10.6. The fourth-order valence-corrected chi connectivity index (χ4v) is 2.59. The van der Waals surface area contributed by atoms with E-state index in [1.807, 2.05) is 0 Å². The molecule has 1 aliphatic rings. The molecule has 1 aliphatic heterocycles. The minimum Gasteiger partial charge on any atom is -0.348 e. The molecule has 0 saturated heterocycles. The Hall–Kier alpha value is -1.20. The van der Waals surface area contributed by atoms with Gasteiger partial charge < -0.3 is 10.3 Å². The summed E-state index contributed by atoms with van der Waals surface area (Å²) in [5, 5.41) is 3.30. The molecule has 0 spiro atoms. The molecule has 0 fully saturated rings. The molecule has 3 nitrogen and oxygen atoms in total. The van der Waals surface area contributed by atoms with Crippen molar-refractivity contribution in [2.75, 3.05) is 6.54 Å². The van der Waals surface area contributed by atoms with Gasteiger partial charge in [-0.3, -0.25) is 0 Å². The van der Waals surface area contributed by atoms with Crippen LogP contribution >= 0.6 is 15.9 Å². The number of aromatic amines is 1. The van der Waals surface area contributed by atoms with Gasteiger partial charge in [0, 0.05) is 28.7 Å². The summed E-state index contributed by atoms with van der Waals surface area (Å²) in [7, 11) is 0. The van der Waals surface area contributed by atoms with Crippen molar-refractivity contribution in [3.8, 4) is 0 Å². The second-order valence-corrected chi connectivity index (χ2v) is 4.98. The maximum atomic E-state index is 13.9. The summed E-state index contributed by atoms with van der Waals surface area (Å²) in [4.78, 5) is 7.39. The predicted octanol–water partition coefficient (Wildman–Crippen LogP) is 2.55. The van der Waals surface area contributed by atoms with Crippen molar-refractivity contribution in [3.05, 3.63) is 51.8 Å². The topological polar surface area (TPSA) is 40.7 Å². The molecule has 2 heterocycles. The fraction of sp³-hybridized carbons (Fsp3) is 0.250. The third-order valence-corrected chi connectivity index (χ3v) is 3.51. The molecule has 0 saturated carbocycles. The van der Waals surface area contributed by atoms with E-state index < -0.39 is 0 Å². The van der Waals surface area contributed by atoms with Gasteiger partial charge in [-0.25, -0.2) is 9.37 Å². The standard InChI is InChI=1S/C12H11BrFN3/c13-7-1-2-9(14)8(5-7)11-12-10(3-4-15-11)16-6-17-12/h1-2,5-6,11,15H,3-4H2,(H,16,17)/t11-/m0/s1. The highest BCUT2D eigenvalue weighted by Gasteiger charge is 2.25. The molecule has 0 bridgehead atoms. The average molecular weight is 296 g/mol. The maximum Gasteiger partial charge on any atom is 0.128 e. The van der Waals surface area contributed by atoms with E-state index in [0.29, 0.717) is 5.56 Å². The first-order valence-corrected chi connectivity index (χ1v) is 6.25. The number of aromatic nitrogens is 2. The summed E-state index contributed by atoms with van der Waals surface area (Å²) in [5.74, 6) is -0.207. The smallest absolute Gasteiger partial charge is 0.128 e. The first kappa shape index (κ1) is 10.9. The van der Waals surface area contributed by atoms with Crippen molar-refractivity contribution in [2.24, 2.45) is 0 Å². The molecule has 3 rings (SSSR count). The van der Waals surface area contributed by atoms with Gasteiger partial charge in [0.05, 0.1) is 18.1 Å². The third-order valence-electron chi connectivity index (χ3n) is 3.02. The number of benzene rings is 1. The minimum absolute atomic E-state index is 0.164. The molecular formula is C12H11BrFN3. The summed E-state index contributed by atoms with van der Waals surface area (Å²) in [5.41, 5.74) is 2.62. The van der Waals surface area contributed by atoms with E-state index in [1.165, 1.54) is 6.07 Å². The molecule has 0 radical (unpaired) electrons. The van der Waals surface area contributed by atoms with Crippen LogP contribution in [0.1, 0.15) is 23.0 Å². The molecular weight excluding hydrogens is 285 g/mol. The van der Waals surface area contributed by atoms with E-state index in [1.54, 1.807) is 18.5 Å². The average Bonchev–Trinajstić information content (AvgIpc) is 2.80. The number of nitrogens with one attached hydrogen (secondary N) is 2. The van der Waals surface area contributed by atoms with E-state index in [4.69, 9.17) is 0 Å². The quantitative estimate of drug-likeness (QED) is 0.849. The largest absolute Gasteiger partial charge is 0.348 e. The van der Waals surface area contributed by atoms with Crippen molar-refractivity contribution in [1.82, 2.24) is 15.3 Å². The second-order valence-electron chi connectivity index (χ2n) is 4.07. The summed E-state index contributed by atoms with van der Waals surface area (Å²) < 4.78 is 14.7. The van der Waals surface area contributed by atoms with Gasteiger partial charge in [-0.1, -0.05) is 15.9 Å². The maximum absolute atomic E-state index is 13.9. The van der Waals surface area contributed by atoms with Gasteiger partial charge in [-0.15, -0.1) is 0 Å². The van der Waals surface area contributed by atoms with Gasteiger partial charge in [0.25, 0.3) is 0 Å². The number of imidazole rings is 1. The minimum atomic E-state index is -0.207. The molecule has 5 heteroatoms. The Balaban J connectivity index is 2.09. The number of hydrogen-bond acceptors (Lipinski definition) is 2. The molecule has 0 unspecified atom stereocenters. The number of halogens is 2. The van der Waals surface area contributed by atoms with Gasteiger partial charge in [-0.05, 0) is 18.2 Å². The molecule has 2 N–H and O–H groups in total. The number of fused-ring (bicyclic) bond motifs is 1. The van der Waals surface area contributed by atoms with Crippen LogP contribution in [0.15, 0.2) is 29.0 Å². The van der Waals surface area contributed by atoms with Crippen LogP contribution in [-0.2, 0) is 6.42 Å². The van der Waals surface area contributed by atoms with Crippen LogP contribution in [0.3, 0.4) is 0 Å². The van der Waals surface area contributed by atoms with Crippen LogP contribution in [0, 0.1) is 5.82 Å². The highest BCUT2D eigenvalue weighted by molar-refractivity contribution is 9.10. The predicted molar refractivity (Wildman–Crippen MR) is 66.2 cm³/mol. The van der Waals surface area contributed by atoms with Crippen molar-refractivity contribution in [3.63, 3.8) is 0 Å². The normalized spacial score (nSPS) is 19.1. The van der Waals surface area contributed by atoms with E-state index in [2.05, 4.69) is 31.2 Å². The van der Waals surface area contributed by atoms with Gasteiger partial charge in [-0.2, -0.15) is 0 Å². The lowest BCUT2D eigenvalue weighted by atomic mass is 9.98. The SMILES string of the molecule is Fc1ccc(Br)cc1[C@@H]1NCCc2[nH]cnc21. The van der Waals surface area contributed by atoms with Crippen molar-refractivity contribution < 1.29 is 4.39 Å². The first-order valence-electron chi connectivity index (χ1n) is 5.46. The van der Waals surface area contributed by atoms with Crippen molar-refractivity contribution >= 4 is 15.9 Å². The van der Waals surface area contributed by atoms with E-state index in [0.717, 1.165) is 28.8 Å². The Morgan fingerprint density at radius 1 is 1.41 bits per heavy atom. The third kappa shape index (κ3) is 1.89. The highest BCUT2D eigenvalue weighted by Crippen LogP contribution is 2.29. The molecule has 1 atom stereocenters. The number of rotatable bonds is 1. The summed E-state index contributed by atoms with van der Waals surface area (Å²) >= 11 is 3.37. The molecule has 1 aromatic heterocycles. The van der Waals surface area contributed by atoms with E-state index >= 15 is 0 Å². The monoisotopic (exact) mass is 295 g/mol. The molecule has 17 heavy (non-hydrogen) atoms. The Labute approximate surface area is 107 Å². The van der Waals surface area contributed by atoms with Crippen molar-refractivity contribution in [2.45, 2.75) is 12.5 Å². The van der Waals surface area contributed by atoms with Gasteiger partial charge in [0.2, 0.25) is 0 Å². The molecule has 2 aromatic rings. The summed E-state index contributed by atoms with van der Waals surface area (Å²) in [6.07, 6.45) is 2.57. The lowest BCUT2D eigenvalue weighted by Crippen LogP contribution is -2.31. The summed E-state index contributed by atoms with van der Waals surface area (Å²) in [6, 6.07) is 4.81. The Morgan fingerprint density at radius 2 is 2.29 bits per heavy atom. The molecule has 88 valence electrons. The van der Waals surface area contributed by atoms with Crippen molar-refractivity contribution in [1.29, 1.82) is 0 Å². The van der Waals surface area contributed by atoms with Crippen LogP contribution in [-0.4, -0.2) is 16.5 Å². The molecule has 1 aromatic carbocycles. The van der Waals surface area contributed by atoms with Crippen LogP contribution in [0.25, 0.3) is 0 Å². The van der Waals surface area contributed by atoms with Gasteiger partial charge >= 0.3 is 0 Å². The fourth-order valence-electron chi connectivity index (χ4n) is 2.21. The zero-order valence-electron chi connectivity index (χ0n) is 9.00. The number of hydrogen-bond donors (Lipinski definition) is 2. The Morgan fingerprint density at radius 3 is 3.18 bits per heavy atom. The van der Waals surface area contributed by atoms with Crippen LogP contribution < -0.4 is 5.32 Å². The van der Waals surface area contributed by atoms with Crippen LogP contribution in [0.4, 0.5) is 4.39 Å². The van der Waals surface area contributed by atoms with E-state index in [9.17, 15) is 4.39 Å². The number of H-pyrrole nitrogens is 1. The Kier molecular flexibility index (Phi) is 2.72. The summed E-state index contributed by atoms with van der Waals surface area (Å²) in [6.45, 7) is 0.825. The van der Waals surface area contributed by atoms with Crippen LogP contribution in [0.5, 0.6) is 0 Å². The Bertz CT molecular complexity index is 552. The lowest BCUT2D eigenvalue weighted by Gasteiger charge is -2.23. The second kappa shape index (κ2) is 4.23. The molecule has 0 amide bonds. The highest BCUT2D eigenvalue weighted by atomic mass is 79.9. The number of nitrogens with zero attached hydrogens (tertiary/aromatic N) is 1.